The van der Waals surface area contributed by atoms with Crippen LogP contribution in [0.3, 0.4) is 0 Å². The minimum atomic E-state index is 0.249. The second-order valence-electron chi connectivity index (χ2n) is 5.56. The Bertz CT molecular complexity index is 512. The molecular formula is C16H21N3O. The minimum Gasteiger partial charge on any atom is -0.396 e. The van der Waals surface area contributed by atoms with E-state index in [-0.39, 0.29) is 6.61 Å². The monoisotopic (exact) mass is 271 g/mol. The third kappa shape index (κ3) is 2.92. The van der Waals surface area contributed by atoms with Gasteiger partial charge in [-0.3, -0.25) is 4.90 Å². The van der Waals surface area contributed by atoms with Crippen LogP contribution in [0.1, 0.15) is 23.6 Å². The summed E-state index contributed by atoms with van der Waals surface area (Å²) in [7, 11) is 0. The first-order chi connectivity index (χ1) is 9.86. The molecule has 0 radical (unpaired) electrons. The van der Waals surface area contributed by atoms with E-state index in [0.717, 1.165) is 31.7 Å². The molecule has 2 atom stereocenters. The van der Waals surface area contributed by atoms with E-state index >= 15 is 0 Å². The third-order valence-electron chi connectivity index (χ3n) is 4.23. The van der Waals surface area contributed by atoms with E-state index < -0.39 is 0 Å². The van der Waals surface area contributed by atoms with Crippen molar-refractivity contribution in [2.75, 3.05) is 19.7 Å². The van der Waals surface area contributed by atoms with Gasteiger partial charge in [-0.05, 0) is 24.4 Å². The number of aromatic amines is 1. The fraction of sp³-hybridized carbons (Fsp3) is 0.438. The van der Waals surface area contributed by atoms with Crippen LogP contribution in [0.5, 0.6) is 0 Å². The van der Waals surface area contributed by atoms with Gasteiger partial charge in [0.15, 0.2) is 0 Å². The number of aliphatic hydroxyl groups excluding tert-OH is 1. The average Bonchev–Trinajstić information content (AvgIpc) is 3.01. The number of hydrogen-bond acceptors (Lipinski definition) is 3. The van der Waals surface area contributed by atoms with Gasteiger partial charge < -0.3 is 10.1 Å². The quantitative estimate of drug-likeness (QED) is 0.894. The summed E-state index contributed by atoms with van der Waals surface area (Å²) >= 11 is 0. The molecule has 0 bridgehead atoms. The number of likely N-dealkylation sites (tertiary alicyclic amines) is 1. The summed E-state index contributed by atoms with van der Waals surface area (Å²) in [6.45, 7) is 3.14. The summed E-state index contributed by atoms with van der Waals surface area (Å²) in [5, 5.41) is 9.72. The number of piperidine rings is 1. The molecule has 0 spiro atoms. The molecule has 106 valence electrons. The fourth-order valence-electron chi connectivity index (χ4n) is 3.19. The molecule has 0 unspecified atom stereocenters. The van der Waals surface area contributed by atoms with Crippen LogP contribution in [0.4, 0.5) is 0 Å². The summed E-state index contributed by atoms with van der Waals surface area (Å²) in [4.78, 5) is 9.60. The molecule has 3 rings (SSSR count). The van der Waals surface area contributed by atoms with Crippen molar-refractivity contribution in [3.63, 3.8) is 0 Å². The molecule has 4 heteroatoms. The van der Waals surface area contributed by atoms with Gasteiger partial charge in [-0.2, -0.15) is 0 Å². The third-order valence-corrected chi connectivity index (χ3v) is 4.23. The van der Waals surface area contributed by atoms with Crippen LogP contribution in [-0.2, 0) is 6.54 Å². The molecule has 1 aromatic heterocycles. The molecule has 0 aliphatic carbocycles. The topological polar surface area (TPSA) is 52.1 Å². The molecule has 1 aliphatic heterocycles. The van der Waals surface area contributed by atoms with Gasteiger partial charge in [-0.15, -0.1) is 0 Å². The number of benzene rings is 1. The highest BCUT2D eigenvalue weighted by Gasteiger charge is 2.29. The molecule has 1 saturated heterocycles. The Labute approximate surface area is 119 Å². The summed E-state index contributed by atoms with van der Waals surface area (Å²) in [5.74, 6) is 0.785. The van der Waals surface area contributed by atoms with Crippen LogP contribution in [0.25, 0.3) is 0 Å². The van der Waals surface area contributed by atoms with E-state index in [1.54, 1.807) is 6.33 Å². The maximum atomic E-state index is 9.72. The zero-order chi connectivity index (χ0) is 13.8. The number of nitrogens with zero attached hydrogens (tertiary/aromatic N) is 2. The second-order valence-corrected chi connectivity index (χ2v) is 5.56. The number of hydrogen-bond donors (Lipinski definition) is 2. The molecule has 1 aromatic carbocycles. The van der Waals surface area contributed by atoms with Gasteiger partial charge in [0.2, 0.25) is 0 Å². The molecule has 0 saturated carbocycles. The van der Waals surface area contributed by atoms with Crippen LogP contribution in [0.15, 0.2) is 42.9 Å². The van der Waals surface area contributed by atoms with Crippen molar-refractivity contribution >= 4 is 0 Å². The molecule has 20 heavy (non-hydrogen) atoms. The van der Waals surface area contributed by atoms with Gasteiger partial charge in [-0.25, -0.2) is 4.98 Å². The first-order valence-electron chi connectivity index (χ1n) is 7.22. The van der Waals surface area contributed by atoms with Crippen molar-refractivity contribution in [1.82, 2.24) is 14.9 Å². The lowest BCUT2D eigenvalue weighted by molar-refractivity contribution is 0.0965. The standard InChI is InChI=1S/C16H21N3O/c20-11-14-9-19(10-15-8-17-12-18-15)7-6-16(14)13-4-2-1-3-5-13/h1-5,8,12,14,16,20H,6-7,9-11H2,(H,17,18)/t14-,16+/m1/s1. The highest BCUT2D eigenvalue weighted by molar-refractivity contribution is 5.21. The summed E-state index contributed by atoms with van der Waals surface area (Å²) in [6.07, 6.45) is 4.69. The number of aromatic nitrogens is 2. The Hall–Kier alpha value is -1.65. The number of imidazole rings is 1. The van der Waals surface area contributed by atoms with Crippen LogP contribution in [0, 0.1) is 5.92 Å². The van der Waals surface area contributed by atoms with Gasteiger partial charge >= 0.3 is 0 Å². The van der Waals surface area contributed by atoms with Gasteiger partial charge in [0.05, 0.1) is 6.33 Å². The van der Waals surface area contributed by atoms with E-state index in [1.165, 1.54) is 5.56 Å². The highest BCUT2D eigenvalue weighted by atomic mass is 16.3. The Morgan fingerprint density at radius 3 is 2.85 bits per heavy atom. The Balaban J connectivity index is 1.67. The lowest BCUT2D eigenvalue weighted by Gasteiger charge is -2.38. The van der Waals surface area contributed by atoms with Gasteiger partial charge in [0.1, 0.15) is 0 Å². The predicted molar refractivity (Wildman–Crippen MR) is 78.2 cm³/mol. The fourth-order valence-corrected chi connectivity index (χ4v) is 3.19. The number of nitrogens with one attached hydrogen (secondary N) is 1. The first kappa shape index (κ1) is 13.3. The molecule has 2 aromatic rings. The molecular weight excluding hydrogens is 250 g/mol. The highest BCUT2D eigenvalue weighted by Crippen LogP contribution is 2.33. The number of rotatable bonds is 4. The molecule has 1 aliphatic rings. The molecule has 2 heterocycles. The minimum absolute atomic E-state index is 0.249. The largest absolute Gasteiger partial charge is 0.396 e. The molecule has 2 N–H and O–H groups in total. The van der Waals surface area contributed by atoms with E-state index in [4.69, 9.17) is 0 Å². The van der Waals surface area contributed by atoms with Crippen molar-refractivity contribution in [2.24, 2.45) is 5.92 Å². The predicted octanol–water partition coefficient (Wildman–Crippen LogP) is 2.01. The molecule has 4 nitrogen and oxygen atoms in total. The molecule has 0 amide bonds. The maximum Gasteiger partial charge on any atom is 0.0922 e. The Morgan fingerprint density at radius 1 is 1.30 bits per heavy atom. The van der Waals surface area contributed by atoms with Crippen LogP contribution in [-0.4, -0.2) is 39.7 Å². The number of aliphatic hydroxyl groups is 1. The van der Waals surface area contributed by atoms with Crippen molar-refractivity contribution in [3.05, 3.63) is 54.1 Å². The smallest absolute Gasteiger partial charge is 0.0922 e. The van der Waals surface area contributed by atoms with E-state index in [1.807, 2.05) is 12.3 Å². The van der Waals surface area contributed by atoms with Crippen molar-refractivity contribution in [1.29, 1.82) is 0 Å². The van der Waals surface area contributed by atoms with Crippen molar-refractivity contribution in [2.45, 2.75) is 18.9 Å². The van der Waals surface area contributed by atoms with Crippen LogP contribution >= 0.6 is 0 Å². The van der Waals surface area contributed by atoms with Gasteiger partial charge in [-0.1, -0.05) is 30.3 Å². The van der Waals surface area contributed by atoms with Gasteiger partial charge in [0.25, 0.3) is 0 Å². The maximum absolute atomic E-state index is 9.72. The second kappa shape index (κ2) is 6.20. The molecule has 1 fully saturated rings. The van der Waals surface area contributed by atoms with E-state index in [0.29, 0.717) is 11.8 Å². The zero-order valence-corrected chi connectivity index (χ0v) is 11.6. The lowest BCUT2D eigenvalue weighted by Crippen LogP contribution is -2.40. The summed E-state index contributed by atoms with van der Waals surface area (Å²) in [6, 6.07) is 10.6. The SMILES string of the molecule is OC[C@H]1CN(Cc2cnc[nH]2)CC[C@H]1c1ccccc1. The Kier molecular flexibility index (Phi) is 4.14. The Morgan fingerprint density at radius 2 is 2.15 bits per heavy atom. The van der Waals surface area contributed by atoms with Crippen LogP contribution in [0.2, 0.25) is 0 Å². The normalized spacial score (nSPS) is 23.9. The van der Waals surface area contributed by atoms with E-state index in [9.17, 15) is 5.11 Å². The van der Waals surface area contributed by atoms with Crippen molar-refractivity contribution < 1.29 is 5.11 Å². The van der Waals surface area contributed by atoms with E-state index in [2.05, 4.69) is 39.1 Å². The number of H-pyrrole nitrogens is 1. The first-order valence-corrected chi connectivity index (χ1v) is 7.22. The zero-order valence-electron chi connectivity index (χ0n) is 11.6. The lowest BCUT2D eigenvalue weighted by atomic mass is 9.81. The van der Waals surface area contributed by atoms with Crippen molar-refractivity contribution in [3.8, 4) is 0 Å². The summed E-state index contributed by atoms with van der Waals surface area (Å²) < 4.78 is 0. The summed E-state index contributed by atoms with van der Waals surface area (Å²) in [5.41, 5.74) is 2.49. The van der Waals surface area contributed by atoms with Crippen LogP contribution < -0.4 is 0 Å². The average molecular weight is 271 g/mol. The van der Waals surface area contributed by atoms with Gasteiger partial charge in [0, 0.05) is 37.5 Å².